The maximum absolute atomic E-state index is 11.2. The Labute approximate surface area is 115 Å². The molecule has 100 valence electrons. The summed E-state index contributed by atoms with van der Waals surface area (Å²) < 4.78 is 10.5. The van der Waals surface area contributed by atoms with Crippen LogP contribution in [0.1, 0.15) is 30.7 Å². The Morgan fingerprint density at radius 3 is 3.05 bits per heavy atom. The number of methoxy groups -OCH3 is 1. The number of hydrogen-bond acceptors (Lipinski definition) is 5. The first kappa shape index (κ1) is 12.4. The lowest BCUT2D eigenvalue weighted by Crippen LogP contribution is -2.04. The number of carbonyl (C=O) groups is 1. The summed E-state index contributed by atoms with van der Waals surface area (Å²) in [5.41, 5.74) is 0.726. The minimum absolute atomic E-state index is 0.209. The Hall–Kier alpha value is -1.62. The number of thiazole rings is 1. The van der Waals surface area contributed by atoms with Crippen LogP contribution < -0.4 is 0 Å². The first-order chi connectivity index (χ1) is 9.17. The van der Waals surface area contributed by atoms with Crippen LogP contribution in [0.4, 0.5) is 0 Å². The van der Waals surface area contributed by atoms with Crippen LogP contribution in [0.3, 0.4) is 0 Å². The molecule has 2 aromatic heterocycles. The number of nitrogens with zero attached hydrogens (tertiary/aromatic N) is 1. The highest BCUT2D eigenvalue weighted by Crippen LogP contribution is 2.48. The lowest BCUT2D eigenvalue weighted by Gasteiger charge is -1.94. The molecule has 5 heteroatoms. The zero-order valence-corrected chi connectivity index (χ0v) is 11.7. The minimum Gasteiger partial charge on any atom is -0.469 e. The monoisotopic (exact) mass is 277 g/mol. The van der Waals surface area contributed by atoms with Crippen molar-refractivity contribution < 1.29 is 13.9 Å². The van der Waals surface area contributed by atoms with Gasteiger partial charge in [0.2, 0.25) is 0 Å². The van der Waals surface area contributed by atoms with Gasteiger partial charge in [0, 0.05) is 11.3 Å². The summed E-state index contributed by atoms with van der Waals surface area (Å²) in [6.45, 7) is 2.23. The molecule has 1 fully saturated rings. The predicted octanol–water partition coefficient (Wildman–Crippen LogP) is 3.24. The molecule has 2 atom stereocenters. The average molecular weight is 277 g/mol. The van der Waals surface area contributed by atoms with E-state index < -0.39 is 0 Å². The quantitative estimate of drug-likeness (QED) is 0.805. The third-order valence-electron chi connectivity index (χ3n) is 3.42. The van der Waals surface area contributed by atoms with Crippen LogP contribution in [-0.4, -0.2) is 18.1 Å². The normalized spacial score (nSPS) is 21.4. The van der Waals surface area contributed by atoms with E-state index >= 15 is 0 Å². The molecule has 0 aromatic carbocycles. The van der Waals surface area contributed by atoms with Gasteiger partial charge in [0.1, 0.15) is 5.76 Å². The van der Waals surface area contributed by atoms with E-state index in [9.17, 15) is 4.79 Å². The van der Waals surface area contributed by atoms with Gasteiger partial charge < -0.3 is 9.15 Å². The molecule has 0 aliphatic heterocycles. The van der Waals surface area contributed by atoms with E-state index in [1.54, 1.807) is 0 Å². The number of esters is 1. The van der Waals surface area contributed by atoms with Crippen molar-refractivity contribution in [1.82, 2.24) is 4.98 Å². The fourth-order valence-corrected chi connectivity index (χ4v) is 2.89. The number of furan rings is 1. The van der Waals surface area contributed by atoms with Gasteiger partial charge in [-0.15, -0.1) is 11.3 Å². The predicted molar refractivity (Wildman–Crippen MR) is 72.1 cm³/mol. The lowest BCUT2D eigenvalue weighted by atomic mass is 10.3. The summed E-state index contributed by atoms with van der Waals surface area (Å²) in [5, 5.41) is 2.69. The highest BCUT2D eigenvalue weighted by Gasteiger charge is 2.36. The van der Waals surface area contributed by atoms with Crippen molar-refractivity contribution in [2.24, 2.45) is 5.92 Å². The smallest absolute Gasteiger partial charge is 0.311 e. The zero-order chi connectivity index (χ0) is 13.4. The van der Waals surface area contributed by atoms with Crippen molar-refractivity contribution in [3.63, 3.8) is 0 Å². The molecule has 0 amide bonds. The summed E-state index contributed by atoms with van der Waals surface area (Å²) in [4.78, 5) is 15.6. The largest absolute Gasteiger partial charge is 0.469 e. The number of carbonyl (C=O) groups excluding carboxylic acids is 1. The maximum Gasteiger partial charge on any atom is 0.311 e. The Kier molecular flexibility index (Phi) is 3.14. The van der Waals surface area contributed by atoms with Crippen molar-refractivity contribution in [3.8, 4) is 10.8 Å². The molecule has 1 aliphatic carbocycles. The van der Waals surface area contributed by atoms with Crippen molar-refractivity contribution in [3.05, 3.63) is 29.0 Å². The van der Waals surface area contributed by atoms with Gasteiger partial charge in [-0.25, -0.2) is 4.98 Å². The van der Waals surface area contributed by atoms with E-state index in [-0.39, 0.29) is 12.4 Å². The first-order valence-electron chi connectivity index (χ1n) is 6.28. The van der Waals surface area contributed by atoms with E-state index in [0.717, 1.165) is 28.1 Å². The van der Waals surface area contributed by atoms with Crippen LogP contribution in [0.5, 0.6) is 0 Å². The molecule has 2 aromatic rings. The highest BCUT2D eigenvalue weighted by atomic mass is 32.1. The molecular weight excluding hydrogens is 262 g/mol. The SMILES string of the molecule is COC(=O)Cc1csc(-c2ccc(C3CC3C)o2)n1. The second kappa shape index (κ2) is 4.81. The number of aromatic nitrogens is 1. The Balaban J connectivity index is 1.75. The molecule has 4 nitrogen and oxygen atoms in total. The summed E-state index contributed by atoms with van der Waals surface area (Å²) >= 11 is 1.49. The second-order valence-electron chi connectivity index (χ2n) is 4.92. The second-order valence-corrected chi connectivity index (χ2v) is 5.78. The number of rotatable bonds is 4. The van der Waals surface area contributed by atoms with Crippen molar-refractivity contribution in [1.29, 1.82) is 0 Å². The van der Waals surface area contributed by atoms with Crippen molar-refractivity contribution in [2.45, 2.75) is 25.7 Å². The molecule has 0 bridgehead atoms. The topological polar surface area (TPSA) is 52.3 Å². The van der Waals surface area contributed by atoms with Crippen LogP contribution in [-0.2, 0) is 16.0 Å². The van der Waals surface area contributed by atoms with E-state index in [2.05, 4.69) is 16.6 Å². The fourth-order valence-electron chi connectivity index (χ4n) is 2.11. The van der Waals surface area contributed by atoms with E-state index in [4.69, 9.17) is 4.42 Å². The summed E-state index contributed by atoms with van der Waals surface area (Å²) in [7, 11) is 1.38. The van der Waals surface area contributed by atoms with Crippen molar-refractivity contribution >= 4 is 17.3 Å². The fraction of sp³-hybridized carbons (Fsp3) is 0.429. The molecule has 1 aliphatic rings. The molecule has 3 rings (SSSR count). The molecule has 0 saturated heterocycles. The van der Waals surface area contributed by atoms with E-state index in [0.29, 0.717) is 5.92 Å². The Morgan fingerprint density at radius 1 is 1.58 bits per heavy atom. The van der Waals surface area contributed by atoms with Gasteiger partial charge in [-0.05, 0) is 24.5 Å². The summed E-state index contributed by atoms with van der Waals surface area (Å²) in [6.07, 6.45) is 1.42. The molecule has 1 saturated carbocycles. The average Bonchev–Trinajstić information content (AvgIpc) is 2.87. The van der Waals surface area contributed by atoms with Crippen LogP contribution >= 0.6 is 11.3 Å². The Morgan fingerprint density at radius 2 is 2.37 bits per heavy atom. The molecule has 0 radical (unpaired) electrons. The van der Waals surface area contributed by atoms with Crippen LogP contribution in [0.15, 0.2) is 21.9 Å². The van der Waals surface area contributed by atoms with Crippen LogP contribution in [0.2, 0.25) is 0 Å². The third kappa shape index (κ3) is 2.56. The molecule has 19 heavy (non-hydrogen) atoms. The van der Waals surface area contributed by atoms with Gasteiger partial charge in [-0.1, -0.05) is 6.92 Å². The third-order valence-corrected chi connectivity index (χ3v) is 4.32. The number of hydrogen-bond donors (Lipinski definition) is 0. The zero-order valence-electron chi connectivity index (χ0n) is 10.9. The highest BCUT2D eigenvalue weighted by molar-refractivity contribution is 7.13. The van der Waals surface area contributed by atoms with Crippen molar-refractivity contribution in [2.75, 3.05) is 7.11 Å². The van der Waals surface area contributed by atoms with Gasteiger partial charge in [0.25, 0.3) is 0 Å². The molecule has 0 N–H and O–H groups in total. The van der Waals surface area contributed by atoms with Gasteiger partial charge in [0.05, 0.1) is 19.2 Å². The van der Waals surface area contributed by atoms with Gasteiger partial charge in [-0.3, -0.25) is 4.79 Å². The van der Waals surface area contributed by atoms with Crippen LogP contribution in [0.25, 0.3) is 10.8 Å². The van der Waals surface area contributed by atoms with Gasteiger partial charge in [-0.2, -0.15) is 0 Å². The summed E-state index contributed by atoms with van der Waals surface area (Å²) in [6, 6.07) is 3.99. The summed E-state index contributed by atoms with van der Waals surface area (Å²) in [5.74, 6) is 2.86. The first-order valence-corrected chi connectivity index (χ1v) is 7.16. The molecule has 2 heterocycles. The number of ether oxygens (including phenoxy) is 1. The molecular formula is C14H15NO3S. The standard InChI is InChI=1S/C14H15NO3S/c1-8-5-10(8)11-3-4-12(18-11)14-15-9(7-19-14)6-13(16)17-2/h3-4,7-8,10H,5-6H2,1-2H3. The minimum atomic E-state index is -0.274. The van der Waals surface area contributed by atoms with Gasteiger partial charge in [0.15, 0.2) is 10.8 Å². The molecule has 2 unspecified atom stereocenters. The molecule has 0 spiro atoms. The van der Waals surface area contributed by atoms with Gasteiger partial charge >= 0.3 is 5.97 Å². The van der Waals surface area contributed by atoms with E-state index in [1.165, 1.54) is 24.9 Å². The maximum atomic E-state index is 11.2. The van der Waals surface area contributed by atoms with E-state index in [1.807, 2.05) is 17.5 Å². The lowest BCUT2D eigenvalue weighted by molar-refractivity contribution is -0.139. The Bertz CT molecular complexity index is 601. The van der Waals surface area contributed by atoms with Crippen LogP contribution in [0, 0.1) is 5.92 Å².